The molecule has 0 aromatic heterocycles. The quantitative estimate of drug-likeness (QED) is 0.217. The van der Waals surface area contributed by atoms with Gasteiger partial charge in [-0.1, -0.05) is 50.2 Å². The van der Waals surface area contributed by atoms with Crippen molar-refractivity contribution in [2.24, 2.45) is 11.8 Å². The zero-order valence-electron chi connectivity index (χ0n) is 29.0. The molecule has 0 aliphatic heterocycles. The van der Waals surface area contributed by atoms with E-state index in [1.807, 2.05) is 56.3 Å². The van der Waals surface area contributed by atoms with E-state index < -0.39 is 23.8 Å². The SMILES string of the molecule is COc1ccc(C2=CC(=O)CCc3c2cc(OC)c(OC)c3OC)cc1NC(=O)C(CC(=O)C(O)C([NH3+])Cc1ccccc1)CC(C)C.[Cl-]. The molecule has 0 bridgehead atoms. The van der Waals surface area contributed by atoms with Gasteiger partial charge in [-0.15, -0.1) is 0 Å². The number of benzene rings is 3. The van der Waals surface area contributed by atoms with Gasteiger partial charge in [-0.2, -0.15) is 0 Å². The van der Waals surface area contributed by atoms with Crippen molar-refractivity contribution in [1.29, 1.82) is 0 Å². The van der Waals surface area contributed by atoms with Crippen LogP contribution in [0.25, 0.3) is 5.57 Å². The van der Waals surface area contributed by atoms with E-state index in [2.05, 4.69) is 11.1 Å². The van der Waals surface area contributed by atoms with E-state index in [9.17, 15) is 19.5 Å². The topological polar surface area (TPSA) is 148 Å². The standard InChI is InChI=1S/C38H46N2O8.ClH/c1-22(2)16-25(19-32(42)35(43)30(39)17-23-10-8-7-9-11-23)38(44)40-31-18-24(12-15-33(31)45-3)28-20-26(41)13-14-27-29(28)21-34(46-4)37(48-6)36(27)47-5;/h7-12,15,18,20-22,25,30,35,43H,13-14,16-17,19,39H2,1-6H3,(H,40,44);1H. The second kappa shape index (κ2) is 17.9. The number of rotatable bonds is 15. The molecule has 3 unspecified atom stereocenters. The molecule has 49 heavy (non-hydrogen) atoms. The number of amides is 1. The Morgan fingerprint density at radius 2 is 1.57 bits per heavy atom. The molecule has 0 heterocycles. The van der Waals surface area contributed by atoms with Gasteiger partial charge in [0.1, 0.15) is 11.8 Å². The van der Waals surface area contributed by atoms with Crippen LogP contribution in [0, 0.1) is 11.8 Å². The molecule has 3 aromatic rings. The summed E-state index contributed by atoms with van der Waals surface area (Å²) in [6.45, 7) is 3.96. The lowest BCUT2D eigenvalue weighted by Gasteiger charge is -2.22. The third-order valence-corrected chi connectivity index (χ3v) is 8.61. The Kier molecular flexibility index (Phi) is 14.2. The fourth-order valence-corrected chi connectivity index (χ4v) is 6.22. The maximum atomic E-state index is 13.8. The third kappa shape index (κ3) is 9.41. The Morgan fingerprint density at radius 1 is 0.898 bits per heavy atom. The van der Waals surface area contributed by atoms with Gasteiger partial charge in [0.05, 0.1) is 34.1 Å². The fraction of sp³-hybridized carbons (Fsp3) is 0.395. The van der Waals surface area contributed by atoms with E-state index in [0.29, 0.717) is 59.1 Å². The van der Waals surface area contributed by atoms with Crippen LogP contribution >= 0.6 is 0 Å². The van der Waals surface area contributed by atoms with Gasteiger partial charge in [-0.25, -0.2) is 0 Å². The van der Waals surface area contributed by atoms with Crippen LogP contribution < -0.4 is 42.4 Å². The number of hydrogen-bond donors (Lipinski definition) is 3. The second-order valence-corrected chi connectivity index (χ2v) is 12.5. The van der Waals surface area contributed by atoms with E-state index in [0.717, 1.165) is 16.7 Å². The molecule has 1 aliphatic carbocycles. The van der Waals surface area contributed by atoms with Gasteiger partial charge >= 0.3 is 0 Å². The highest BCUT2D eigenvalue weighted by Crippen LogP contribution is 2.47. The number of nitrogens with one attached hydrogen (secondary N) is 1. The van der Waals surface area contributed by atoms with Crippen LogP contribution in [-0.4, -0.2) is 63.2 Å². The number of anilines is 1. The first-order valence-corrected chi connectivity index (χ1v) is 16.1. The molecule has 0 radical (unpaired) electrons. The van der Waals surface area contributed by atoms with E-state index in [1.165, 1.54) is 21.3 Å². The Morgan fingerprint density at radius 3 is 2.18 bits per heavy atom. The maximum absolute atomic E-state index is 13.8. The molecule has 3 atom stereocenters. The number of hydrogen-bond acceptors (Lipinski definition) is 8. The van der Waals surface area contributed by atoms with Gasteiger partial charge in [0.2, 0.25) is 11.7 Å². The van der Waals surface area contributed by atoms with Crippen molar-refractivity contribution in [3.63, 3.8) is 0 Å². The first kappa shape index (κ1) is 39.1. The van der Waals surface area contributed by atoms with Crippen molar-refractivity contribution in [2.45, 2.75) is 58.1 Å². The highest BCUT2D eigenvalue weighted by atomic mass is 35.5. The molecule has 0 saturated carbocycles. The Balaban J connectivity index is 0.00000650. The van der Waals surface area contributed by atoms with Crippen LogP contribution in [0.4, 0.5) is 5.69 Å². The summed E-state index contributed by atoms with van der Waals surface area (Å²) in [6, 6.07) is 16.1. The van der Waals surface area contributed by atoms with Gasteiger partial charge in [-0.3, -0.25) is 14.4 Å². The summed E-state index contributed by atoms with van der Waals surface area (Å²) in [5, 5.41) is 13.9. The minimum absolute atomic E-state index is 0. The molecule has 5 N–H and O–H groups in total. The number of quaternary nitrogens is 1. The van der Waals surface area contributed by atoms with Crippen molar-refractivity contribution in [2.75, 3.05) is 33.8 Å². The van der Waals surface area contributed by atoms with Gasteiger partial charge in [-0.05, 0) is 65.3 Å². The van der Waals surface area contributed by atoms with Crippen molar-refractivity contribution >= 4 is 28.7 Å². The molecule has 11 heteroatoms. The van der Waals surface area contributed by atoms with E-state index in [4.69, 9.17) is 18.9 Å². The van der Waals surface area contributed by atoms with Crippen molar-refractivity contribution in [3.8, 4) is 23.0 Å². The van der Waals surface area contributed by atoms with Gasteiger partial charge < -0.3 is 47.5 Å². The lowest BCUT2D eigenvalue weighted by molar-refractivity contribution is -0.432. The summed E-state index contributed by atoms with van der Waals surface area (Å²) in [5.74, 6) is 0.340. The number of methoxy groups -OCH3 is 4. The summed E-state index contributed by atoms with van der Waals surface area (Å²) in [6.07, 6.45) is 1.73. The molecule has 0 fully saturated rings. The number of ketones is 2. The molecule has 3 aromatic carbocycles. The summed E-state index contributed by atoms with van der Waals surface area (Å²) in [7, 11) is 6.12. The molecule has 0 spiro atoms. The Hall–Kier alpha value is -4.38. The molecule has 1 amide bonds. The highest BCUT2D eigenvalue weighted by Gasteiger charge is 2.32. The van der Waals surface area contributed by atoms with Crippen LogP contribution in [0.15, 0.2) is 60.7 Å². The summed E-state index contributed by atoms with van der Waals surface area (Å²) >= 11 is 0. The van der Waals surface area contributed by atoms with Crippen LogP contribution in [-0.2, 0) is 27.2 Å². The van der Waals surface area contributed by atoms with Gasteiger partial charge in [0, 0.05) is 30.7 Å². The summed E-state index contributed by atoms with van der Waals surface area (Å²) in [4.78, 5) is 40.1. The van der Waals surface area contributed by atoms with Crippen molar-refractivity contribution in [1.82, 2.24) is 0 Å². The average Bonchev–Trinajstić information content (AvgIpc) is 3.24. The molecule has 264 valence electrons. The fourth-order valence-electron chi connectivity index (χ4n) is 6.22. The molecule has 4 rings (SSSR count). The number of ether oxygens (including phenoxy) is 4. The Bertz CT molecular complexity index is 1660. The maximum Gasteiger partial charge on any atom is 0.228 e. The van der Waals surface area contributed by atoms with E-state index in [-0.39, 0.29) is 42.9 Å². The number of carbonyl (C=O) groups excluding carboxylic acids is 3. The first-order chi connectivity index (χ1) is 23.0. The smallest absolute Gasteiger partial charge is 0.228 e. The zero-order chi connectivity index (χ0) is 35.0. The molecular weight excluding hydrogens is 648 g/mol. The van der Waals surface area contributed by atoms with Crippen LogP contribution in [0.3, 0.4) is 0 Å². The average molecular weight is 695 g/mol. The predicted molar refractivity (Wildman–Crippen MR) is 184 cm³/mol. The molecular formula is C38H47ClN2O8. The monoisotopic (exact) mass is 694 g/mol. The number of Topliss-reactive ketones (excluding diaryl/α,β-unsaturated/α-hetero) is 1. The number of allylic oxidation sites excluding steroid dienone is 1. The number of aliphatic hydroxyl groups excluding tert-OH is 1. The third-order valence-electron chi connectivity index (χ3n) is 8.61. The van der Waals surface area contributed by atoms with Crippen molar-refractivity contribution < 1.29 is 56.6 Å². The van der Waals surface area contributed by atoms with Crippen LogP contribution in [0.1, 0.15) is 55.4 Å². The highest BCUT2D eigenvalue weighted by molar-refractivity contribution is 6.04. The normalized spacial score (nSPS) is 14.3. The van der Waals surface area contributed by atoms with Crippen LogP contribution in [0.2, 0.25) is 0 Å². The van der Waals surface area contributed by atoms with Crippen LogP contribution in [0.5, 0.6) is 23.0 Å². The summed E-state index contributed by atoms with van der Waals surface area (Å²) in [5.41, 5.74) is 8.21. The number of halogens is 1. The largest absolute Gasteiger partial charge is 1.00 e. The minimum atomic E-state index is -1.31. The predicted octanol–water partition coefficient (Wildman–Crippen LogP) is 1.45. The Labute approximate surface area is 294 Å². The van der Waals surface area contributed by atoms with Crippen molar-refractivity contribution in [3.05, 3.63) is 82.9 Å². The molecule has 1 aliphatic rings. The zero-order valence-corrected chi connectivity index (χ0v) is 29.8. The lowest BCUT2D eigenvalue weighted by Crippen LogP contribution is -3.00. The van der Waals surface area contributed by atoms with E-state index in [1.54, 1.807) is 25.3 Å². The second-order valence-electron chi connectivity index (χ2n) is 12.5. The molecule has 10 nitrogen and oxygen atoms in total. The number of fused-ring (bicyclic) bond motifs is 1. The minimum Gasteiger partial charge on any atom is -1.00 e. The van der Waals surface area contributed by atoms with Gasteiger partial charge in [0.15, 0.2) is 29.2 Å². The molecule has 0 saturated heterocycles. The number of carbonyl (C=O) groups is 3. The summed E-state index contributed by atoms with van der Waals surface area (Å²) < 4.78 is 22.6. The lowest BCUT2D eigenvalue weighted by atomic mass is 9.88. The van der Waals surface area contributed by atoms with Gasteiger partial charge in [0.25, 0.3) is 0 Å². The first-order valence-electron chi connectivity index (χ1n) is 16.1. The number of aliphatic hydroxyl groups is 1. The van der Waals surface area contributed by atoms with E-state index >= 15 is 0 Å².